The molecule has 0 bridgehead atoms. The number of carbonyl (C=O) groups excluding carboxylic acids is 2. The average Bonchev–Trinajstić information content (AvgIpc) is 2.74. The van der Waals surface area contributed by atoms with Crippen molar-refractivity contribution in [1.82, 2.24) is 4.57 Å². The minimum Gasteiger partial charge on any atom is -0.497 e. The number of carbonyl (C=O) groups is 2. The number of amides is 1. The first kappa shape index (κ1) is 22.0. The fraction of sp³-hybridized carbons (Fsp3) is 0.240. The minimum absolute atomic E-state index is 0.0730. The number of rotatable bonds is 4. The van der Waals surface area contributed by atoms with Crippen LogP contribution in [0.2, 0.25) is 0 Å². The zero-order valence-electron chi connectivity index (χ0n) is 18.1. The molecule has 32 heavy (non-hydrogen) atoms. The van der Waals surface area contributed by atoms with E-state index in [1.165, 1.54) is 10.6 Å². The van der Waals surface area contributed by atoms with Crippen molar-refractivity contribution in [3.63, 3.8) is 0 Å². The third-order valence-electron chi connectivity index (χ3n) is 5.57. The minimum atomic E-state index is -0.556. The molecule has 0 radical (unpaired) electrons. The fourth-order valence-corrected chi connectivity index (χ4v) is 4.28. The number of benzene rings is 2. The predicted octanol–water partition coefficient (Wildman–Crippen LogP) is 5.02. The molecule has 0 fully saturated rings. The van der Waals surface area contributed by atoms with E-state index >= 15 is 0 Å². The topological polar surface area (TPSA) is 77.4 Å². The summed E-state index contributed by atoms with van der Waals surface area (Å²) in [5.41, 5.74) is 1.35. The highest BCUT2D eigenvalue weighted by molar-refractivity contribution is 9.10. The van der Waals surface area contributed by atoms with E-state index < -0.39 is 11.5 Å². The van der Waals surface area contributed by atoms with E-state index in [9.17, 15) is 14.4 Å². The molecule has 7 heteroatoms. The molecule has 1 aromatic heterocycles. The van der Waals surface area contributed by atoms with Crippen LogP contribution in [0, 0.1) is 5.41 Å². The highest BCUT2D eigenvalue weighted by Gasteiger charge is 2.35. The van der Waals surface area contributed by atoms with Gasteiger partial charge in [0, 0.05) is 33.5 Å². The molecular formula is C25H23BrN2O4. The highest BCUT2D eigenvalue weighted by atomic mass is 79.9. The Bertz CT molecular complexity index is 1260. The molecule has 1 aliphatic rings. The molecule has 6 nitrogen and oxygen atoms in total. The maximum absolute atomic E-state index is 13.6. The summed E-state index contributed by atoms with van der Waals surface area (Å²) in [5, 5.41) is 2.76. The van der Waals surface area contributed by atoms with Gasteiger partial charge in [-0.1, -0.05) is 29.8 Å². The summed E-state index contributed by atoms with van der Waals surface area (Å²) in [6.45, 7) is 4.01. The standard InChI is InChI=1S/C25H23BrN2O4/c1-25(2)13-21-19(22(29)14-25)12-20(23(30)27-16-6-4-15(26)5-7-16)24(31)28(21)17-8-10-18(32-3)11-9-17/h4-12H,13-14H2,1-3H3,(H,27,30). The lowest BCUT2D eigenvalue weighted by Crippen LogP contribution is -2.37. The zero-order valence-corrected chi connectivity index (χ0v) is 19.7. The van der Waals surface area contributed by atoms with E-state index in [4.69, 9.17) is 4.74 Å². The molecule has 0 unspecified atom stereocenters. The highest BCUT2D eigenvalue weighted by Crippen LogP contribution is 2.35. The third kappa shape index (κ3) is 4.25. The van der Waals surface area contributed by atoms with Crippen LogP contribution < -0.4 is 15.6 Å². The van der Waals surface area contributed by atoms with Crippen molar-refractivity contribution >= 4 is 33.3 Å². The molecule has 1 N–H and O–H groups in total. The number of halogens is 1. The van der Waals surface area contributed by atoms with Gasteiger partial charge in [0.1, 0.15) is 11.3 Å². The summed E-state index contributed by atoms with van der Waals surface area (Å²) < 4.78 is 7.59. The lowest BCUT2D eigenvalue weighted by atomic mass is 9.75. The summed E-state index contributed by atoms with van der Waals surface area (Å²) in [7, 11) is 1.57. The van der Waals surface area contributed by atoms with Gasteiger partial charge in [-0.15, -0.1) is 0 Å². The Morgan fingerprint density at radius 1 is 1.03 bits per heavy atom. The summed E-state index contributed by atoms with van der Waals surface area (Å²) in [6.07, 6.45) is 0.901. The number of Topliss-reactive ketones (excluding diaryl/α,β-unsaturated/α-hetero) is 1. The molecule has 0 aliphatic heterocycles. The van der Waals surface area contributed by atoms with Gasteiger partial charge in [0.05, 0.1) is 7.11 Å². The molecule has 0 atom stereocenters. The van der Waals surface area contributed by atoms with Crippen LogP contribution >= 0.6 is 15.9 Å². The normalized spacial score (nSPS) is 14.6. The van der Waals surface area contributed by atoms with E-state index in [2.05, 4.69) is 21.2 Å². The number of ketones is 1. The first-order valence-electron chi connectivity index (χ1n) is 10.2. The van der Waals surface area contributed by atoms with Crippen LogP contribution in [0.25, 0.3) is 5.69 Å². The van der Waals surface area contributed by atoms with Gasteiger partial charge in [0.25, 0.3) is 11.5 Å². The lowest BCUT2D eigenvalue weighted by molar-refractivity contribution is 0.0909. The van der Waals surface area contributed by atoms with E-state index in [0.717, 1.165) is 4.47 Å². The number of anilines is 1. The predicted molar refractivity (Wildman–Crippen MR) is 127 cm³/mol. The van der Waals surface area contributed by atoms with Gasteiger partial charge in [-0.2, -0.15) is 0 Å². The second kappa shape index (κ2) is 8.39. The summed E-state index contributed by atoms with van der Waals surface area (Å²) in [6, 6.07) is 15.5. The van der Waals surface area contributed by atoms with Crippen molar-refractivity contribution in [1.29, 1.82) is 0 Å². The van der Waals surface area contributed by atoms with E-state index in [1.54, 1.807) is 55.6 Å². The first-order valence-corrected chi connectivity index (χ1v) is 11.0. The summed E-state index contributed by atoms with van der Waals surface area (Å²) >= 11 is 3.36. The van der Waals surface area contributed by atoms with Gasteiger partial charge < -0.3 is 10.1 Å². The van der Waals surface area contributed by atoms with Crippen molar-refractivity contribution in [3.05, 3.63) is 86.2 Å². The Hall–Kier alpha value is -3.19. The van der Waals surface area contributed by atoms with Crippen molar-refractivity contribution in [3.8, 4) is 11.4 Å². The molecule has 1 heterocycles. The number of ether oxygens (including phenoxy) is 1. The van der Waals surface area contributed by atoms with Crippen molar-refractivity contribution in [2.75, 3.05) is 12.4 Å². The Morgan fingerprint density at radius 2 is 1.69 bits per heavy atom. The second-order valence-electron chi connectivity index (χ2n) is 8.66. The molecule has 2 aromatic carbocycles. The number of aromatic nitrogens is 1. The molecule has 0 spiro atoms. The number of hydrogen-bond acceptors (Lipinski definition) is 4. The van der Waals surface area contributed by atoms with Crippen LogP contribution in [0.15, 0.2) is 63.9 Å². The van der Waals surface area contributed by atoms with Gasteiger partial charge in [-0.25, -0.2) is 0 Å². The smallest absolute Gasteiger partial charge is 0.268 e. The molecule has 4 rings (SSSR count). The van der Waals surface area contributed by atoms with E-state index in [1.807, 2.05) is 13.8 Å². The SMILES string of the molecule is COc1ccc(-n2c3c(cc(C(=O)Nc4ccc(Br)cc4)c2=O)C(=O)CC(C)(C)C3)cc1. The van der Waals surface area contributed by atoms with Crippen LogP contribution in [0.3, 0.4) is 0 Å². The van der Waals surface area contributed by atoms with Crippen LogP contribution in [0.5, 0.6) is 5.75 Å². The van der Waals surface area contributed by atoms with Gasteiger partial charge in [0.2, 0.25) is 0 Å². The number of nitrogens with zero attached hydrogens (tertiary/aromatic N) is 1. The van der Waals surface area contributed by atoms with Gasteiger partial charge >= 0.3 is 0 Å². The Labute approximate surface area is 194 Å². The molecule has 1 aliphatic carbocycles. The van der Waals surface area contributed by atoms with Crippen LogP contribution in [-0.2, 0) is 6.42 Å². The fourth-order valence-electron chi connectivity index (χ4n) is 4.01. The zero-order chi connectivity index (χ0) is 23.0. The number of methoxy groups -OCH3 is 1. The maximum atomic E-state index is 13.6. The molecule has 164 valence electrons. The van der Waals surface area contributed by atoms with Crippen molar-refractivity contribution < 1.29 is 14.3 Å². The van der Waals surface area contributed by atoms with Gasteiger partial charge in [0.15, 0.2) is 5.78 Å². The van der Waals surface area contributed by atoms with Crippen molar-refractivity contribution in [2.24, 2.45) is 5.41 Å². The lowest BCUT2D eigenvalue weighted by Gasteiger charge is -2.32. The molecule has 1 amide bonds. The Morgan fingerprint density at radius 3 is 2.31 bits per heavy atom. The first-order chi connectivity index (χ1) is 15.2. The van der Waals surface area contributed by atoms with Gasteiger partial charge in [-0.3, -0.25) is 19.0 Å². The molecular weight excluding hydrogens is 472 g/mol. The van der Waals surface area contributed by atoms with E-state index in [-0.39, 0.29) is 16.8 Å². The average molecular weight is 495 g/mol. The summed E-state index contributed by atoms with van der Waals surface area (Å²) in [5.74, 6) is 0.0208. The number of fused-ring (bicyclic) bond motifs is 1. The Balaban J connectivity index is 1.87. The van der Waals surface area contributed by atoms with Gasteiger partial charge in [-0.05, 0) is 66.4 Å². The second-order valence-corrected chi connectivity index (χ2v) is 9.57. The molecule has 0 saturated heterocycles. The van der Waals surface area contributed by atoms with E-state index in [0.29, 0.717) is 41.2 Å². The third-order valence-corrected chi connectivity index (χ3v) is 6.09. The van der Waals surface area contributed by atoms with Crippen molar-refractivity contribution in [2.45, 2.75) is 26.7 Å². The molecule has 3 aromatic rings. The number of hydrogen-bond donors (Lipinski definition) is 1. The number of pyridine rings is 1. The van der Waals surface area contributed by atoms with Crippen LogP contribution in [0.1, 0.15) is 46.7 Å². The number of nitrogens with one attached hydrogen (secondary N) is 1. The molecule has 0 saturated carbocycles. The summed E-state index contributed by atoms with van der Waals surface area (Å²) in [4.78, 5) is 39.6. The van der Waals surface area contributed by atoms with Crippen LogP contribution in [0.4, 0.5) is 5.69 Å². The Kier molecular flexibility index (Phi) is 5.77. The quantitative estimate of drug-likeness (QED) is 0.552. The van der Waals surface area contributed by atoms with Crippen LogP contribution in [-0.4, -0.2) is 23.4 Å². The monoisotopic (exact) mass is 494 g/mol. The maximum Gasteiger partial charge on any atom is 0.268 e. The largest absolute Gasteiger partial charge is 0.497 e.